The zero-order valence-electron chi connectivity index (χ0n) is 36.9. The van der Waals surface area contributed by atoms with Crippen LogP contribution >= 0.6 is 24.0 Å². The van der Waals surface area contributed by atoms with Gasteiger partial charge < -0.3 is 19.6 Å². The van der Waals surface area contributed by atoms with E-state index in [1.54, 1.807) is 41.2 Å². The first kappa shape index (κ1) is 18.0. The van der Waals surface area contributed by atoms with Crippen LogP contribution in [0, 0.1) is 0 Å². The van der Waals surface area contributed by atoms with Crippen LogP contribution in [0.25, 0.3) is 0 Å². The number of benzene rings is 2. The van der Waals surface area contributed by atoms with Gasteiger partial charge in [-0.3, -0.25) is 9.36 Å². The molecule has 2 heterocycles. The average Bonchev–Trinajstić information content (AvgIpc) is 3.72. The topological polar surface area (TPSA) is 71.6 Å². The second-order valence-electron chi connectivity index (χ2n) is 8.01. The molecular weight excluding hydrogens is 547 g/mol. The Hall–Kier alpha value is -2.72. The molecule has 0 radical (unpaired) electrons. The van der Waals surface area contributed by atoms with Crippen LogP contribution in [-0.4, -0.2) is 87.9 Å². The Labute approximate surface area is 271 Å². The number of rotatable bonds is 10. The number of aliphatic hydroxyl groups excluding tert-OH is 1. The third-order valence-electron chi connectivity index (χ3n) is 5.20. The van der Waals surface area contributed by atoms with Crippen LogP contribution in [0.15, 0.2) is 85.2 Å². The summed E-state index contributed by atoms with van der Waals surface area (Å²) in [5.41, 5.74) is 2.57. The highest BCUT2D eigenvalue weighted by molar-refractivity contribution is 6.18. The Morgan fingerprint density at radius 3 is 1.90 bits per heavy atom. The van der Waals surface area contributed by atoms with Gasteiger partial charge in [0.25, 0.3) is 0 Å². The third kappa shape index (κ3) is 12.2. The number of aliphatic hydroxyl groups is 1. The molecule has 0 spiro atoms. The first-order valence-corrected chi connectivity index (χ1v) is 12.4. The predicted molar refractivity (Wildman–Crippen MR) is 166 cm³/mol. The lowest BCUT2D eigenvalue weighted by Gasteiger charge is -2.20. The fourth-order valence-electron chi connectivity index (χ4n) is 3.30. The molecular formula is C30H44Cl2N6O2. The molecule has 4 aromatic rings. The van der Waals surface area contributed by atoms with Crippen LogP contribution in [0.3, 0.4) is 0 Å². The molecule has 0 saturated heterocycles. The number of halogens is 2. The zero-order chi connectivity index (χ0) is 41.1. The molecule has 1 N–H and O–H groups in total. The number of nitrogens with zero attached hydrogens (tertiary/aromatic N) is 6. The molecule has 40 heavy (non-hydrogen) atoms. The molecule has 220 valence electrons. The Morgan fingerprint density at radius 1 is 0.825 bits per heavy atom. The van der Waals surface area contributed by atoms with E-state index in [0.717, 1.165) is 15.9 Å². The Morgan fingerprint density at radius 2 is 1.38 bits per heavy atom. The normalized spacial score (nSPS) is 19.2. The van der Waals surface area contributed by atoms with Crippen molar-refractivity contribution in [2.24, 2.45) is 14.0 Å². The van der Waals surface area contributed by atoms with E-state index in [1.807, 2.05) is 43.4 Å². The van der Waals surface area contributed by atoms with Crippen LogP contribution < -0.4 is 0 Å². The summed E-state index contributed by atoms with van der Waals surface area (Å²) in [6.07, 6.45) is 1.56. The molecule has 0 saturated carbocycles. The van der Waals surface area contributed by atoms with Gasteiger partial charge in [0.05, 0.1) is 18.0 Å². The fraction of sp³-hybridized carbons (Fsp3) is 0.400. The molecule has 2 unspecified atom stereocenters. The molecule has 0 aliphatic heterocycles. The van der Waals surface area contributed by atoms with Gasteiger partial charge in [0.2, 0.25) is 0 Å². The smallest absolute Gasteiger partial charge is 0.124 e. The van der Waals surface area contributed by atoms with Crippen molar-refractivity contribution in [2.75, 3.05) is 53.5 Å². The number of aromatic nitrogens is 4. The van der Waals surface area contributed by atoms with Crippen molar-refractivity contribution in [2.45, 2.75) is 12.2 Å². The Kier molecular flexibility index (Phi) is 8.69. The van der Waals surface area contributed by atoms with Crippen molar-refractivity contribution in [3.05, 3.63) is 108 Å². The summed E-state index contributed by atoms with van der Waals surface area (Å²) in [5, 5.41) is 17.9. The summed E-state index contributed by atoms with van der Waals surface area (Å²) >= 11 is 5.27. The van der Waals surface area contributed by atoms with Crippen molar-refractivity contribution in [3.8, 4) is 0 Å². The van der Waals surface area contributed by atoms with Crippen molar-refractivity contribution < 1.29 is 30.4 Å². The molecule has 2 aromatic carbocycles. The highest BCUT2D eigenvalue weighted by Gasteiger charge is 2.17. The minimum Gasteiger partial charge on any atom is -0.382 e. The number of alkyl halides is 1. The Bertz CT molecular complexity index is 1640. The number of hydrogen-bond acceptors (Lipinski definition) is 6. The van der Waals surface area contributed by atoms with Crippen molar-refractivity contribution in [3.63, 3.8) is 0 Å². The second-order valence-corrected chi connectivity index (χ2v) is 8.39. The van der Waals surface area contributed by atoms with Gasteiger partial charge in [-0.1, -0.05) is 60.7 Å². The van der Waals surface area contributed by atoms with Gasteiger partial charge in [-0.25, -0.2) is 0 Å². The van der Waals surface area contributed by atoms with Crippen molar-refractivity contribution in [1.82, 2.24) is 29.4 Å². The lowest BCUT2D eigenvalue weighted by atomic mass is 10.1. The standard InChI is InChI=1S/C15H21N3O.C11H12N2O.C4H10ClN.ClH/c1-17(2)11-12-19-15(13-7-5-4-6-8-13)14-9-10-16-18(14)3;1-13-10(7-8-12-13)11(14)9-5-3-2-4-6-9;1-6(2)4-3-5;/h4-10,15H,11-12H2,1-3H3;2-8,11,14H,1H3;3-4H2,1-2H3;1H/i1D3,2D3,3D3;;1D3,2D3;. The SMILES string of the molecule is Cl.Cn1nccc1C(O)c1ccccc1.[2H]C([2H])([2H])N(CCCl)C([2H])([2H])[2H].[2H]C([2H])([2H])N(CCOC(c1ccccc1)c1ccnn1C([2H])([2H])[2H])C([2H])([2H])[2H]. The number of likely N-dealkylation sites (N-methyl/N-ethyl adjacent to an activating group) is 1. The van der Waals surface area contributed by atoms with Crippen molar-refractivity contribution in [1.29, 1.82) is 0 Å². The molecule has 0 fully saturated rings. The zero-order valence-corrected chi connectivity index (χ0v) is 23.5. The van der Waals surface area contributed by atoms with Gasteiger partial charge in [0.15, 0.2) is 0 Å². The molecule has 0 amide bonds. The lowest BCUT2D eigenvalue weighted by Crippen LogP contribution is -2.20. The summed E-state index contributed by atoms with van der Waals surface area (Å²) < 4.78 is 117. The fourth-order valence-corrected chi connectivity index (χ4v) is 3.47. The van der Waals surface area contributed by atoms with Gasteiger partial charge in [-0.05, 0) is 51.2 Å². The minimum atomic E-state index is -2.82. The molecule has 2 atom stereocenters. The molecule has 0 bridgehead atoms. The highest BCUT2D eigenvalue weighted by Crippen LogP contribution is 2.25. The molecule has 0 aliphatic carbocycles. The second kappa shape index (κ2) is 19.4. The molecule has 4 rings (SSSR count). The summed E-state index contributed by atoms with van der Waals surface area (Å²) in [6.45, 7) is -14.2. The average molecular weight is 607 g/mol. The van der Waals surface area contributed by atoms with E-state index in [-0.39, 0.29) is 37.1 Å². The number of aryl methyl sites for hydroxylation is 2. The maximum absolute atomic E-state index is 10.0. The van der Waals surface area contributed by atoms with Gasteiger partial charge >= 0.3 is 0 Å². The van der Waals surface area contributed by atoms with E-state index in [0.29, 0.717) is 15.4 Å². The van der Waals surface area contributed by atoms with Gasteiger partial charge in [0, 0.05) is 65.9 Å². The van der Waals surface area contributed by atoms with E-state index < -0.39 is 53.6 Å². The maximum Gasteiger partial charge on any atom is 0.124 e. The van der Waals surface area contributed by atoms with Gasteiger partial charge in [-0.2, -0.15) is 10.2 Å². The van der Waals surface area contributed by atoms with Crippen LogP contribution in [0.2, 0.25) is 0 Å². The van der Waals surface area contributed by atoms with E-state index in [2.05, 4.69) is 10.2 Å². The van der Waals surface area contributed by atoms with E-state index in [1.165, 1.54) is 12.3 Å². The summed E-state index contributed by atoms with van der Waals surface area (Å²) in [7, 11) is 1.82. The number of hydrogen-bond donors (Lipinski definition) is 1. The Balaban J connectivity index is 0.000000466. The monoisotopic (exact) mass is 605 g/mol. The number of ether oxygens (including phenoxy) is 1. The molecule has 10 heteroatoms. The predicted octanol–water partition coefficient (Wildman–Crippen LogP) is 4.80. The van der Waals surface area contributed by atoms with Crippen LogP contribution in [0.5, 0.6) is 0 Å². The molecule has 8 nitrogen and oxygen atoms in total. The van der Waals surface area contributed by atoms with Crippen LogP contribution in [0.4, 0.5) is 0 Å². The van der Waals surface area contributed by atoms with E-state index in [4.69, 9.17) is 36.9 Å². The minimum absolute atomic E-state index is 0. The summed E-state index contributed by atoms with van der Waals surface area (Å²) in [4.78, 5) is 0.816. The molecule has 0 aliphatic rings. The quantitative estimate of drug-likeness (QED) is 0.262. The van der Waals surface area contributed by atoms with E-state index >= 15 is 0 Å². The van der Waals surface area contributed by atoms with Crippen molar-refractivity contribution >= 4 is 24.0 Å². The first-order valence-electron chi connectivity index (χ1n) is 19.3. The highest BCUT2D eigenvalue weighted by atomic mass is 35.5. The van der Waals surface area contributed by atoms with Gasteiger partial charge in [-0.15, -0.1) is 24.0 Å². The van der Waals surface area contributed by atoms with E-state index in [9.17, 15) is 5.11 Å². The van der Waals surface area contributed by atoms with Crippen LogP contribution in [-0.2, 0) is 18.8 Å². The van der Waals surface area contributed by atoms with Crippen LogP contribution in [0.1, 0.15) is 55.3 Å². The maximum atomic E-state index is 10.0. The third-order valence-corrected chi connectivity index (χ3v) is 5.37. The molecule has 2 aromatic heterocycles. The first-order chi connectivity index (χ1) is 24.8. The summed E-state index contributed by atoms with van der Waals surface area (Å²) in [5.74, 6) is -0.0171. The summed E-state index contributed by atoms with van der Waals surface area (Å²) in [6, 6.07) is 21.6. The van der Waals surface area contributed by atoms with Gasteiger partial charge in [0.1, 0.15) is 12.2 Å². The largest absolute Gasteiger partial charge is 0.382 e. The lowest BCUT2D eigenvalue weighted by molar-refractivity contribution is 0.0638.